The van der Waals surface area contributed by atoms with Gasteiger partial charge in [-0.15, -0.1) is 0 Å². The van der Waals surface area contributed by atoms with Crippen LogP contribution in [0.15, 0.2) is 68.6 Å². The Bertz CT molecular complexity index is 1450. The molecule has 1 aliphatic heterocycles. The largest absolute Gasteiger partial charge is 0.422 e. The van der Waals surface area contributed by atoms with Crippen LogP contribution in [0.3, 0.4) is 0 Å². The number of fused-ring (bicyclic) bond motifs is 2. The smallest absolute Gasteiger partial charge is 0.345 e. The highest BCUT2D eigenvalue weighted by Crippen LogP contribution is 2.22. The molecular formula is C24H22N4O4. The lowest BCUT2D eigenvalue weighted by Crippen LogP contribution is -2.35. The summed E-state index contributed by atoms with van der Waals surface area (Å²) in [6.07, 6.45) is 1.98. The Balaban J connectivity index is 1.36. The highest BCUT2D eigenvalue weighted by molar-refractivity contribution is 5.96. The summed E-state index contributed by atoms with van der Waals surface area (Å²) < 4.78 is 8.46. The van der Waals surface area contributed by atoms with Crippen LogP contribution in [0.25, 0.3) is 22.1 Å². The summed E-state index contributed by atoms with van der Waals surface area (Å²) in [5.41, 5.74) is 1.46. The van der Waals surface area contributed by atoms with Crippen molar-refractivity contribution in [3.05, 3.63) is 86.9 Å². The lowest BCUT2D eigenvalue weighted by atomic mass is 10.0. The zero-order valence-corrected chi connectivity index (χ0v) is 17.6. The fourth-order valence-corrected chi connectivity index (χ4v) is 4.20. The van der Waals surface area contributed by atoms with E-state index in [-0.39, 0.29) is 17.6 Å². The van der Waals surface area contributed by atoms with Crippen molar-refractivity contribution in [3.8, 4) is 11.1 Å². The Morgan fingerprint density at radius 1 is 1.09 bits per heavy atom. The molecule has 0 saturated heterocycles. The molecule has 162 valence electrons. The van der Waals surface area contributed by atoms with Gasteiger partial charge in [0.05, 0.1) is 5.56 Å². The summed E-state index contributed by atoms with van der Waals surface area (Å²) >= 11 is 0. The SMILES string of the molecule is Cn1nc2n(c1=O)CCC(NC(=O)c1cccc(-c3cc4ccccc4oc3=O)c1)CC2. The maximum Gasteiger partial charge on any atom is 0.345 e. The van der Waals surface area contributed by atoms with Crippen LogP contribution in [0.2, 0.25) is 0 Å². The summed E-state index contributed by atoms with van der Waals surface area (Å²) in [5.74, 6) is 0.536. The van der Waals surface area contributed by atoms with Crippen LogP contribution in [-0.2, 0) is 20.0 Å². The Morgan fingerprint density at radius 2 is 1.94 bits per heavy atom. The fourth-order valence-electron chi connectivity index (χ4n) is 4.20. The van der Waals surface area contributed by atoms with E-state index >= 15 is 0 Å². The molecular weight excluding hydrogens is 408 g/mol. The highest BCUT2D eigenvalue weighted by Gasteiger charge is 2.22. The number of aryl methyl sites for hydroxylation is 2. The molecule has 0 aliphatic carbocycles. The van der Waals surface area contributed by atoms with Gasteiger partial charge in [0.2, 0.25) is 0 Å². The summed E-state index contributed by atoms with van der Waals surface area (Å²) in [5, 5.41) is 8.16. The van der Waals surface area contributed by atoms with E-state index in [1.165, 1.54) is 4.68 Å². The van der Waals surface area contributed by atoms with Crippen LogP contribution in [-0.4, -0.2) is 26.3 Å². The second kappa shape index (κ2) is 7.96. The Morgan fingerprint density at radius 3 is 2.81 bits per heavy atom. The third-order valence-electron chi connectivity index (χ3n) is 5.91. The van der Waals surface area contributed by atoms with Gasteiger partial charge in [-0.2, -0.15) is 5.10 Å². The molecule has 0 radical (unpaired) electrons. The fraction of sp³-hybridized carbons (Fsp3) is 0.250. The lowest BCUT2D eigenvalue weighted by molar-refractivity contribution is 0.0933. The third-order valence-corrected chi connectivity index (χ3v) is 5.91. The average Bonchev–Trinajstić information content (AvgIpc) is 2.94. The van der Waals surface area contributed by atoms with Gasteiger partial charge in [0.25, 0.3) is 5.91 Å². The summed E-state index contributed by atoms with van der Waals surface area (Å²) in [6, 6.07) is 16.0. The maximum atomic E-state index is 12.9. The van der Waals surface area contributed by atoms with E-state index in [4.69, 9.17) is 4.42 Å². The number of rotatable bonds is 3. The monoisotopic (exact) mass is 430 g/mol. The second-order valence-corrected chi connectivity index (χ2v) is 8.04. The minimum Gasteiger partial charge on any atom is -0.422 e. The van der Waals surface area contributed by atoms with Gasteiger partial charge in [-0.1, -0.05) is 30.3 Å². The molecule has 1 unspecified atom stereocenters. The second-order valence-electron chi connectivity index (χ2n) is 8.04. The molecule has 2 aromatic heterocycles. The van der Waals surface area contributed by atoms with Crippen molar-refractivity contribution in [1.82, 2.24) is 19.7 Å². The van der Waals surface area contributed by atoms with Gasteiger partial charge in [-0.25, -0.2) is 14.3 Å². The first-order valence-corrected chi connectivity index (χ1v) is 10.6. The average molecular weight is 430 g/mol. The molecule has 8 nitrogen and oxygen atoms in total. The standard InChI is InChI=1S/C24H22N4O4/c1-27-24(31)28-12-11-18(9-10-21(28)26-27)25-22(29)17-7-4-6-15(13-17)19-14-16-5-2-3-8-20(16)32-23(19)30/h2-8,13-14,18H,9-12H2,1H3,(H,25,29). The first kappa shape index (κ1) is 20.0. The number of hydrogen-bond acceptors (Lipinski definition) is 5. The molecule has 3 heterocycles. The summed E-state index contributed by atoms with van der Waals surface area (Å²) in [7, 11) is 1.65. The molecule has 32 heavy (non-hydrogen) atoms. The summed E-state index contributed by atoms with van der Waals surface area (Å²) in [6.45, 7) is 0.519. The van der Waals surface area contributed by atoms with Gasteiger partial charge in [0, 0.05) is 37.0 Å². The predicted molar refractivity (Wildman–Crippen MR) is 120 cm³/mol. The minimum absolute atomic E-state index is 0.0664. The van der Waals surface area contributed by atoms with Gasteiger partial charge >= 0.3 is 11.3 Å². The molecule has 0 saturated carbocycles. The number of carbonyl (C=O) groups excluding carboxylic acids is 1. The van der Waals surface area contributed by atoms with Crippen molar-refractivity contribution in [2.45, 2.75) is 31.8 Å². The molecule has 4 aromatic rings. The van der Waals surface area contributed by atoms with Crippen LogP contribution >= 0.6 is 0 Å². The molecule has 5 rings (SSSR count). The number of carbonyl (C=O) groups is 1. The number of benzene rings is 2. The van der Waals surface area contributed by atoms with Crippen LogP contribution < -0.4 is 16.6 Å². The van der Waals surface area contributed by atoms with E-state index in [2.05, 4.69) is 10.4 Å². The molecule has 1 aliphatic rings. The quantitative estimate of drug-likeness (QED) is 0.504. The van der Waals surface area contributed by atoms with Gasteiger partial charge in [-0.3, -0.25) is 9.36 Å². The third kappa shape index (κ3) is 3.64. The molecule has 1 amide bonds. The van der Waals surface area contributed by atoms with E-state index in [0.717, 1.165) is 11.2 Å². The van der Waals surface area contributed by atoms with Crippen molar-refractivity contribution < 1.29 is 9.21 Å². The van der Waals surface area contributed by atoms with Crippen LogP contribution in [0, 0.1) is 0 Å². The van der Waals surface area contributed by atoms with Gasteiger partial charge in [-0.05, 0) is 42.7 Å². The number of hydrogen-bond donors (Lipinski definition) is 1. The Labute approximate surface area is 183 Å². The van der Waals surface area contributed by atoms with Crippen molar-refractivity contribution in [2.24, 2.45) is 7.05 Å². The number of nitrogens with one attached hydrogen (secondary N) is 1. The Hall–Kier alpha value is -3.94. The van der Waals surface area contributed by atoms with Gasteiger partial charge in [0.1, 0.15) is 11.4 Å². The minimum atomic E-state index is -0.443. The van der Waals surface area contributed by atoms with Crippen LogP contribution in [0.4, 0.5) is 0 Å². The number of amides is 1. The van der Waals surface area contributed by atoms with Gasteiger partial charge < -0.3 is 9.73 Å². The number of aromatic nitrogens is 3. The molecule has 1 N–H and O–H groups in total. The topological polar surface area (TPSA) is 99.1 Å². The van der Waals surface area contributed by atoms with Crippen molar-refractivity contribution in [2.75, 3.05) is 0 Å². The first-order valence-electron chi connectivity index (χ1n) is 10.6. The molecule has 0 bridgehead atoms. The normalized spacial score (nSPS) is 15.8. The van der Waals surface area contributed by atoms with E-state index in [1.54, 1.807) is 48.0 Å². The maximum absolute atomic E-state index is 12.9. The Kier molecular flexibility index (Phi) is 4.97. The molecule has 0 spiro atoms. The highest BCUT2D eigenvalue weighted by atomic mass is 16.4. The molecule has 8 heteroatoms. The van der Waals surface area contributed by atoms with Crippen LogP contribution in [0.1, 0.15) is 29.0 Å². The zero-order chi connectivity index (χ0) is 22.2. The van der Waals surface area contributed by atoms with Crippen molar-refractivity contribution >= 4 is 16.9 Å². The molecule has 2 aromatic carbocycles. The van der Waals surface area contributed by atoms with E-state index in [9.17, 15) is 14.4 Å². The first-order chi connectivity index (χ1) is 15.5. The number of para-hydroxylation sites is 1. The van der Waals surface area contributed by atoms with E-state index in [1.807, 2.05) is 18.2 Å². The number of nitrogens with zero attached hydrogens (tertiary/aromatic N) is 3. The molecule has 1 atom stereocenters. The zero-order valence-electron chi connectivity index (χ0n) is 17.6. The lowest BCUT2D eigenvalue weighted by Gasteiger charge is -2.16. The van der Waals surface area contributed by atoms with E-state index < -0.39 is 5.63 Å². The van der Waals surface area contributed by atoms with Gasteiger partial charge in [0.15, 0.2) is 0 Å². The van der Waals surface area contributed by atoms with Crippen LogP contribution in [0.5, 0.6) is 0 Å². The summed E-state index contributed by atoms with van der Waals surface area (Å²) in [4.78, 5) is 37.6. The molecule has 0 fully saturated rings. The van der Waals surface area contributed by atoms with Crippen molar-refractivity contribution in [3.63, 3.8) is 0 Å². The van der Waals surface area contributed by atoms with E-state index in [0.29, 0.717) is 48.1 Å². The van der Waals surface area contributed by atoms with Crippen molar-refractivity contribution in [1.29, 1.82) is 0 Å². The predicted octanol–water partition coefficient (Wildman–Crippen LogP) is 2.49.